The van der Waals surface area contributed by atoms with Gasteiger partial charge in [-0.2, -0.15) is 13.2 Å². The Hall–Kier alpha value is -8.18. The van der Waals surface area contributed by atoms with Crippen LogP contribution in [-0.2, 0) is 73.4 Å². The van der Waals surface area contributed by atoms with Crippen LogP contribution in [0, 0.1) is 18.3 Å². The Kier molecular flexibility index (Phi) is 27.7. The molecule has 0 aromatic heterocycles. The maximum Gasteiger partial charge on any atom is 0.391 e. The van der Waals surface area contributed by atoms with Crippen molar-refractivity contribution in [2.75, 3.05) is 0 Å². The van der Waals surface area contributed by atoms with Crippen molar-refractivity contribution in [1.82, 2.24) is 37.2 Å². The Morgan fingerprint density at radius 3 is 1.39 bits per heavy atom. The van der Waals surface area contributed by atoms with Crippen LogP contribution in [0.5, 0.6) is 0 Å². The Labute approximate surface area is 519 Å². The molecule has 490 valence electrons. The molecular formula is C65H90F3N7O14. The highest BCUT2D eigenvalue weighted by atomic mass is 19.4. The van der Waals surface area contributed by atoms with Crippen molar-refractivity contribution < 1.29 is 80.1 Å². The van der Waals surface area contributed by atoms with Gasteiger partial charge in [0, 0.05) is 19.3 Å². The number of ketones is 1. The van der Waals surface area contributed by atoms with Crippen LogP contribution in [0.15, 0.2) is 84.9 Å². The van der Waals surface area contributed by atoms with E-state index >= 15 is 0 Å². The summed E-state index contributed by atoms with van der Waals surface area (Å²) in [6.45, 7) is 24.2. The Morgan fingerprint density at radius 2 is 0.899 bits per heavy atom. The van der Waals surface area contributed by atoms with E-state index in [2.05, 4.69) is 37.2 Å². The van der Waals surface area contributed by atoms with Gasteiger partial charge >= 0.3 is 24.1 Å². The number of benzene rings is 3. The Morgan fingerprint density at radius 1 is 0.461 bits per heavy atom. The molecule has 7 N–H and O–H groups in total. The monoisotopic (exact) mass is 1250 g/mol. The molecule has 0 bridgehead atoms. The first kappa shape index (κ1) is 75.1. The Bertz CT molecular complexity index is 2910. The topological polar surface area (TPSA) is 300 Å². The largest absolute Gasteiger partial charge is 0.460 e. The van der Waals surface area contributed by atoms with Gasteiger partial charge in [-0.25, -0.2) is 0 Å². The second-order valence-corrected chi connectivity index (χ2v) is 26.3. The van der Waals surface area contributed by atoms with Gasteiger partial charge in [0.2, 0.25) is 41.2 Å². The number of alkyl halides is 3. The third kappa shape index (κ3) is 28.2. The molecule has 0 saturated carbocycles. The molecule has 0 aliphatic heterocycles. The lowest BCUT2D eigenvalue weighted by Crippen LogP contribution is -2.62. The molecule has 0 aliphatic rings. The zero-order valence-corrected chi connectivity index (χ0v) is 53.7. The first-order valence-corrected chi connectivity index (χ1v) is 29.5. The lowest BCUT2D eigenvalue weighted by molar-refractivity contribution is -0.158. The molecule has 7 amide bonds. The van der Waals surface area contributed by atoms with E-state index in [1.165, 1.54) is 0 Å². The van der Waals surface area contributed by atoms with Crippen LogP contribution in [0.3, 0.4) is 0 Å². The van der Waals surface area contributed by atoms with E-state index in [1.54, 1.807) is 189 Å². The predicted octanol–water partition coefficient (Wildman–Crippen LogP) is 6.94. The number of nitrogens with one attached hydrogen (secondary N) is 7. The third-order valence-electron chi connectivity index (χ3n) is 13.0. The first-order chi connectivity index (χ1) is 41.0. The molecule has 0 aliphatic carbocycles. The van der Waals surface area contributed by atoms with Crippen molar-refractivity contribution in [2.24, 2.45) is 11.3 Å². The normalized spacial score (nSPS) is 14.1. The number of rotatable bonds is 29. The van der Waals surface area contributed by atoms with E-state index in [0.717, 1.165) is 0 Å². The van der Waals surface area contributed by atoms with Gasteiger partial charge in [0.1, 0.15) is 53.1 Å². The second-order valence-electron chi connectivity index (χ2n) is 26.3. The molecule has 0 fully saturated rings. The van der Waals surface area contributed by atoms with E-state index in [0.29, 0.717) is 22.3 Å². The van der Waals surface area contributed by atoms with Gasteiger partial charge in [-0.1, -0.05) is 120 Å². The maximum absolute atomic E-state index is 14.9. The third-order valence-corrected chi connectivity index (χ3v) is 13.0. The van der Waals surface area contributed by atoms with Gasteiger partial charge in [-0.3, -0.25) is 52.7 Å². The zero-order chi connectivity index (χ0) is 67.4. The minimum atomic E-state index is -5.08. The summed E-state index contributed by atoms with van der Waals surface area (Å²) in [7, 11) is 0. The summed E-state index contributed by atoms with van der Waals surface area (Å²) >= 11 is 0. The molecule has 3 aromatic carbocycles. The van der Waals surface area contributed by atoms with Crippen LogP contribution in [0.1, 0.15) is 170 Å². The molecule has 21 nitrogen and oxygen atoms in total. The van der Waals surface area contributed by atoms with Gasteiger partial charge in [-0.05, 0) is 116 Å². The lowest BCUT2D eigenvalue weighted by atomic mass is 9.85. The fourth-order valence-electron chi connectivity index (χ4n) is 8.97. The van der Waals surface area contributed by atoms with Crippen LogP contribution in [0.25, 0.3) is 0 Å². The van der Waals surface area contributed by atoms with Crippen LogP contribution in [0.2, 0.25) is 0 Å². The van der Waals surface area contributed by atoms with E-state index in [1.807, 2.05) is 0 Å². The van der Waals surface area contributed by atoms with Crippen LogP contribution in [-0.4, -0.2) is 124 Å². The minimum absolute atomic E-state index is 0.206. The summed E-state index contributed by atoms with van der Waals surface area (Å²) in [6.07, 6.45) is -10.1. The number of carbonyl (C=O) groups excluding carboxylic acids is 11. The van der Waals surface area contributed by atoms with Gasteiger partial charge in [0.15, 0.2) is 0 Å². The lowest BCUT2D eigenvalue weighted by Gasteiger charge is -2.34. The summed E-state index contributed by atoms with van der Waals surface area (Å²) in [6, 6.07) is 11.9. The van der Waals surface area contributed by atoms with Gasteiger partial charge in [-0.15, -0.1) is 0 Å². The standard InChI is InChI=1S/C65H90F3N7O14/c1-38(2)34-44(56(82)73-47(37-65(66,67)68)53(80)59(85)74-52(40-25-18-16-19-26-40)41-27-20-17-21-28-41)72-60(86)54(61(4,5)6)75-58(84)45(35-42-29-23-22-24-39(42)3)71-55(81)43(30-32-49(77)87-62(7,8)9)70-57(83)46(36-51(79)89-64(13,14)15)69-48(76)31-33-50(78)88-63(10,11)12/h16-29,38,43-47,52,54H,30-37H2,1-15H3,(H,69,76)(H,70,83)(H,71,81)(H,72,86)(H,73,82)(H,74,85)(H,75,84)/t43-,44-,45-,46-,47?,54+/m0/s1. The number of aryl methyl sites for hydroxylation is 1. The Balaban J connectivity index is 2.04. The summed E-state index contributed by atoms with van der Waals surface area (Å²) in [5, 5.41) is 17.4. The summed E-state index contributed by atoms with van der Waals surface area (Å²) in [5.41, 5.74) is -1.90. The number of ether oxygens (including phenoxy) is 3. The SMILES string of the molecule is Cc1ccccc1C[C@H](NC(=O)[C@H](CCC(=O)OC(C)(C)C)NC(=O)[C@H](CC(=O)OC(C)(C)C)NC(=O)CCC(=O)OC(C)(C)C)C(=O)N[C@H](C(=O)N[C@@H](CC(C)C)C(=O)NC(CC(F)(F)F)C(=O)C(=O)NC(c1ccccc1)c1ccccc1)C(C)(C)C. The smallest absolute Gasteiger partial charge is 0.391 e. The number of amides is 7. The second kappa shape index (κ2) is 32.9. The fraction of sp³-hybridized carbons (Fsp3) is 0.554. The average Bonchev–Trinajstić information content (AvgIpc) is 1.27. The van der Waals surface area contributed by atoms with Crippen LogP contribution < -0.4 is 37.2 Å². The summed E-state index contributed by atoms with van der Waals surface area (Å²) < 4.78 is 59.0. The molecular weight excluding hydrogens is 1160 g/mol. The molecule has 6 atom stereocenters. The number of halogens is 3. The predicted molar refractivity (Wildman–Crippen MR) is 325 cm³/mol. The summed E-state index contributed by atoms with van der Waals surface area (Å²) in [4.78, 5) is 153. The summed E-state index contributed by atoms with van der Waals surface area (Å²) in [5.74, 6) is -12.2. The molecule has 0 saturated heterocycles. The highest BCUT2D eigenvalue weighted by Crippen LogP contribution is 2.26. The molecule has 24 heteroatoms. The van der Waals surface area contributed by atoms with E-state index in [-0.39, 0.29) is 12.8 Å². The molecule has 0 heterocycles. The molecule has 1 unspecified atom stereocenters. The average molecular weight is 1250 g/mol. The number of hydrogen-bond donors (Lipinski definition) is 7. The maximum atomic E-state index is 14.9. The fourth-order valence-corrected chi connectivity index (χ4v) is 8.97. The van der Waals surface area contributed by atoms with E-state index in [4.69, 9.17) is 14.2 Å². The molecule has 0 spiro atoms. The quantitative estimate of drug-likeness (QED) is 0.0211. The van der Waals surface area contributed by atoms with Crippen molar-refractivity contribution in [3.63, 3.8) is 0 Å². The number of hydrogen-bond acceptors (Lipinski definition) is 14. The highest BCUT2D eigenvalue weighted by molar-refractivity contribution is 6.38. The van der Waals surface area contributed by atoms with Gasteiger partial charge in [0.25, 0.3) is 5.91 Å². The van der Waals surface area contributed by atoms with Crippen molar-refractivity contribution in [3.8, 4) is 0 Å². The van der Waals surface area contributed by atoms with E-state index < -0.39 is 180 Å². The highest BCUT2D eigenvalue weighted by Gasteiger charge is 2.42. The number of Topliss-reactive ketones (excluding diaryl/α,β-unsaturated/α-hetero) is 1. The van der Waals surface area contributed by atoms with Crippen LogP contribution >= 0.6 is 0 Å². The van der Waals surface area contributed by atoms with E-state index in [9.17, 15) is 65.9 Å². The first-order valence-electron chi connectivity index (χ1n) is 29.5. The van der Waals surface area contributed by atoms with Crippen LogP contribution in [0.4, 0.5) is 13.2 Å². The van der Waals surface area contributed by atoms with Crippen molar-refractivity contribution in [1.29, 1.82) is 0 Å². The minimum Gasteiger partial charge on any atom is -0.460 e. The van der Waals surface area contributed by atoms with Gasteiger partial charge in [0.05, 0.1) is 25.3 Å². The van der Waals surface area contributed by atoms with Crippen molar-refractivity contribution >= 4 is 65.0 Å². The van der Waals surface area contributed by atoms with Crippen molar-refractivity contribution in [2.45, 2.75) is 220 Å². The van der Waals surface area contributed by atoms with Crippen molar-refractivity contribution in [3.05, 3.63) is 107 Å². The molecule has 89 heavy (non-hydrogen) atoms. The molecule has 3 rings (SSSR count). The number of carbonyl (C=O) groups is 11. The molecule has 3 aromatic rings. The molecule has 0 radical (unpaired) electrons. The zero-order valence-electron chi connectivity index (χ0n) is 53.7. The number of esters is 3. The van der Waals surface area contributed by atoms with Gasteiger partial charge < -0.3 is 51.4 Å².